The minimum atomic E-state index is -4.51. The number of aliphatic hydroxyl groups is 1. The summed E-state index contributed by atoms with van der Waals surface area (Å²) in [5.41, 5.74) is 0.881. The first kappa shape index (κ1) is 21.7. The van der Waals surface area contributed by atoms with E-state index in [1.807, 2.05) is 38.1 Å². The molecule has 0 amide bonds. The largest absolute Gasteiger partial charge is 0.421 e. The van der Waals surface area contributed by atoms with Crippen molar-refractivity contribution in [3.63, 3.8) is 0 Å². The molecule has 168 valence electrons. The molecule has 0 aliphatic carbocycles. The quantitative estimate of drug-likeness (QED) is 0.741. The molecule has 3 atom stereocenters. The number of alkyl halides is 3. The number of halogens is 3. The van der Waals surface area contributed by atoms with Crippen molar-refractivity contribution in [1.29, 1.82) is 0 Å². The smallest absolute Gasteiger partial charge is 0.391 e. The van der Waals surface area contributed by atoms with Gasteiger partial charge in [-0.05, 0) is 56.4 Å². The van der Waals surface area contributed by atoms with E-state index in [0.29, 0.717) is 24.7 Å². The number of anilines is 4. The number of hydrogen-bond acceptors (Lipinski definition) is 6. The minimum Gasteiger partial charge on any atom is -0.391 e. The van der Waals surface area contributed by atoms with Gasteiger partial charge in [-0.3, -0.25) is 0 Å². The Labute approximate surface area is 180 Å². The number of β-amino-alcohol motifs (C(OH)–C–C–N with tert-alkyl or cyclic N) is 1. The van der Waals surface area contributed by atoms with Crippen molar-refractivity contribution in [1.82, 2.24) is 9.97 Å². The van der Waals surface area contributed by atoms with Gasteiger partial charge in [0.2, 0.25) is 5.95 Å². The van der Waals surface area contributed by atoms with E-state index in [1.165, 1.54) is 0 Å². The van der Waals surface area contributed by atoms with Crippen molar-refractivity contribution in [2.75, 3.05) is 34.8 Å². The Hall–Kier alpha value is -2.55. The van der Waals surface area contributed by atoms with E-state index in [4.69, 9.17) is 0 Å². The van der Waals surface area contributed by atoms with Gasteiger partial charge >= 0.3 is 6.18 Å². The topological polar surface area (TPSA) is 64.5 Å². The van der Waals surface area contributed by atoms with Crippen molar-refractivity contribution in [2.45, 2.75) is 51.4 Å². The Bertz CT molecular complexity index is 905. The molecule has 2 aromatic rings. The molecule has 3 heterocycles. The average molecular weight is 435 g/mol. The summed E-state index contributed by atoms with van der Waals surface area (Å²) in [6.07, 6.45) is -1.38. The third kappa shape index (κ3) is 4.71. The first-order valence-electron chi connectivity index (χ1n) is 10.7. The van der Waals surface area contributed by atoms with Crippen LogP contribution in [0.2, 0.25) is 0 Å². The molecule has 0 saturated carbocycles. The number of aromatic nitrogens is 2. The molecule has 31 heavy (non-hydrogen) atoms. The zero-order chi connectivity index (χ0) is 22.2. The van der Waals surface area contributed by atoms with Gasteiger partial charge in [0.15, 0.2) is 0 Å². The molecule has 1 aromatic heterocycles. The minimum absolute atomic E-state index is 0.0250. The molecule has 6 nitrogen and oxygen atoms in total. The van der Waals surface area contributed by atoms with E-state index < -0.39 is 11.7 Å². The van der Waals surface area contributed by atoms with Gasteiger partial charge < -0.3 is 20.2 Å². The Balaban J connectivity index is 1.55. The van der Waals surface area contributed by atoms with E-state index >= 15 is 0 Å². The predicted molar refractivity (Wildman–Crippen MR) is 115 cm³/mol. The van der Waals surface area contributed by atoms with Gasteiger partial charge in [-0.15, -0.1) is 0 Å². The van der Waals surface area contributed by atoms with Crippen molar-refractivity contribution >= 4 is 23.1 Å². The van der Waals surface area contributed by atoms with Crippen molar-refractivity contribution in [2.24, 2.45) is 5.92 Å². The fourth-order valence-electron chi connectivity index (χ4n) is 4.32. The summed E-state index contributed by atoms with van der Waals surface area (Å²) in [7, 11) is 0. The third-order valence-electron chi connectivity index (χ3n) is 6.37. The van der Waals surface area contributed by atoms with Crippen LogP contribution in [0.1, 0.15) is 38.7 Å². The summed E-state index contributed by atoms with van der Waals surface area (Å²) in [6, 6.07) is 7.52. The molecule has 0 bridgehead atoms. The number of rotatable bonds is 4. The molecule has 2 unspecified atom stereocenters. The van der Waals surface area contributed by atoms with Gasteiger partial charge in [0.1, 0.15) is 11.4 Å². The van der Waals surface area contributed by atoms with E-state index in [0.717, 1.165) is 37.7 Å². The number of piperidine rings is 1. The normalized spacial score (nSPS) is 24.5. The third-order valence-corrected chi connectivity index (χ3v) is 6.37. The Kier molecular flexibility index (Phi) is 5.96. The van der Waals surface area contributed by atoms with E-state index in [2.05, 4.69) is 20.2 Å². The van der Waals surface area contributed by atoms with Crippen LogP contribution >= 0.6 is 0 Å². The maximum absolute atomic E-state index is 13.6. The highest BCUT2D eigenvalue weighted by Crippen LogP contribution is 2.39. The Morgan fingerprint density at radius 1 is 1.10 bits per heavy atom. The summed E-state index contributed by atoms with van der Waals surface area (Å²) in [5, 5.41) is 12.9. The molecule has 0 spiro atoms. The molecular weight excluding hydrogens is 407 g/mol. The lowest BCUT2D eigenvalue weighted by molar-refractivity contribution is -0.137. The molecule has 2 fully saturated rings. The van der Waals surface area contributed by atoms with Crippen LogP contribution in [-0.2, 0) is 6.18 Å². The maximum atomic E-state index is 13.6. The second-order valence-corrected chi connectivity index (χ2v) is 8.54. The zero-order valence-corrected chi connectivity index (χ0v) is 17.7. The van der Waals surface area contributed by atoms with Gasteiger partial charge in [-0.2, -0.15) is 18.2 Å². The summed E-state index contributed by atoms with van der Waals surface area (Å²) in [5.74, 6) is 0.366. The van der Waals surface area contributed by atoms with E-state index in [-0.39, 0.29) is 23.9 Å². The summed E-state index contributed by atoms with van der Waals surface area (Å²) < 4.78 is 40.8. The van der Waals surface area contributed by atoms with Gasteiger partial charge in [0.05, 0.1) is 6.10 Å². The second-order valence-electron chi connectivity index (χ2n) is 8.54. The van der Waals surface area contributed by atoms with Crippen LogP contribution < -0.4 is 15.1 Å². The molecule has 1 aromatic carbocycles. The van der Waals surface area contributed by atoms with Crippen LogP contribution in [-0.4, -0.2) is 46.9 Å². The van der Waals surface area contributed by atoms with Gasteiger partial charge in [0.25, 0.3) is 0 Å². The highest BCUT2D eigenvalue weighted by molar-refractivity contribution is 5.61. The van der Waals surface area contributed by atoms with Crippen molar-refractivity contribution in [3.05, 3.63) is 36.0 Å². The van der Waals surface area contributed by atoms with Crippen LogP contribution in [0, 0.1) is 5.92 Å². The van der Waals surface area contributed by atoms with Crippen LogP contribution in [0.4, 0.5) is 36.3 Å². The average Bonchev–Trinajstić information content (AvgIpc) is 3.06. The fourth-order valence-corrected chi connectivity index (χ4v) is 4.32. The molecule has 2 N–H and O–H groups in total. The lowest BCUT2D eigenvalue weighted by atomic mass is 10.1. The SMILES string of the molecule is CC1CCN(c2nc(Nc3ccc(N4CCC[C@@H](O)C4)cc3)ncc2C(F)(F)F)C1C. The van der Waals surface area contributed by atoms with Crippen LogP contribution in [0.3, 0.4) is 0 Å². The van der Waals surface area contributed by atoms with E-state index in [9.17, 15) is 18.3 Å². The number of hydrogen-bond donors (Lipinski definition) is 2. The summed E-state index contributed by atoms with van der Waals surface area (Å²) in [4.78, 5) is 12.0. The van der Waals surface area contributed by atoms with Gasteiger partial charge in [-0.25, -0.2) is 4.98 Å². The van der Waals surface area contributed by atoms with Crippen LogP contribution in [0.25, 0.3) is 0 Å². The van der Waals surface area contributed by atoms with Crippen molar-refractivity contribution < 1.29 is 18.3 Å². The molecule has 4 rings (SSSR count). The lowest BCUT2D eigenvalue weighted by Crippen LogP contribution is -2.38. The number of nitrogens with one attached hydrogen (secondary N) is 1. The highest BCUT2D eigenvalue weighted by Gasteiger charge is 2.39. The second kappa shape index (κ2) is 8.53. The number of nitrogens with zero attached hydrogens (tertiary/aromatic N) is 4. The summed E-state index contributed by atoms with van der Waals surface area (Å²) in [6.45, 7) is 6.01. The highest BCUT2D eigenvalue weighted by atomic mass is 19.4. The number of aliphatic hydroxyl groups excluding tert-OH is 1. The molecule has 9 heteroatoms. The van der Waals surface area contributed by atoms with Gasteiger partial charge in [-0.1, -0.05) is 6.92 Å². The Morgan fingerprint density at radius 2 is 1.84 bits per heavy atom. The molecule has 2 saturated heterocycles. The molecular formula is C22H28F3N5O. The van der Waals surface area contributed by atoms with Crippen molar-refractivity contribution in [3.8, 4) is 0 Å². The van der Waals surface area contributed by atoms with E-state index in [1.54, 1.807) is 4.90 Å². The lowest BCUT2D eigenvalue weighted by Gasteiger charge is -2.32. The first-order valence-corrected chi connectivity index (χ1v) is 10.7. The molecule has 2 aliphatic heterocycles. The zero-order valence-electron chi connectivity index (χ0n) is 17.7. The molecule has 0 radical (unpaired) electrons. The summed E-state index contributed by atoms with van der Waals surface area (Å²) >= 11 is 0. The molecule has 2 aliphatic rings. The number of benzene rings is 1. The maximum Gasteiger partial charge on any atom is 0.421 e. The van der Waals surface area contributed by atoms with Gasteiger partial charge in [0, 0.05) is 43.2 Å². The standard InChI is InChI=1S/C22H28F3N5O/c1-14-9-11-30(15(14)2)20-19(22(23,24)25)12-26-21(28-20)27-16-5-7-17(8-6-16)29-10-3-4-18(31)13-29/h5-8,12,14-15,18,31H,3-4,9-11,13H2,1-2H3,(H,26,27,28)/t14?,15?,18-/m1/s1. The predicted octanol–water partition coefficient (Wildman–Crippen LogP) is 4.43. The Morgan fingerprint density at radius 3 is 2.45 bits per heavy atom. The first-order chi connectivity index (χ1) is 14.7. The fraction of sp³-hybridized carbons (Fsp3) is 0.545. The van der Waals surface area contributed by atoms with Crippen LogP contribution in [0.5, 0.6) is 0 Å². The van der Waals surface area contributed by atoms with Crippen LogP contribution in [0.15, 0.2) is 30.5 Å². The monoisotopic (exact) mass is 435 g/mol.